The molecule has 0 bridgehead atoms. The molecular weight excluding hydrogens is 338 g/mol. The van der Waals surface area contributed by atoms with Gasteiger partial charge in [0, 0.05) is 10.0 Å². The summed E-state index contributed by atoms with van der Waals surface area (Å²) in [5, 5.41) is 11.7. The van der Waals surface area contributed by atoms with E-state index in [0.717, 1.165) is 4.47 Å². The number of carbonyl (C=O) groups excluding carboxylic acids is 1. The fourth-order valence-electron chi connectivity index (χ4n) is 2.00. The average molecular weight is 358 g/mol. The van der Waals surface area contributed by atoms with E-state index in [0.29, 0.717) is 17.7 Å². The van der Waals surface area contributed by atoms with Crippen LogP contribution in [0.3, 0.4) is 0 Å². The molecule has 0 fully saturated rings. The minimum absolute atomic E-state index is 0.0739. The van der Waals surface area contributed by atoms with Gasteiger partial charge in [0.1, 0.15) is 11.8 Å². The van der Waals surface area contributed by atoms with Crippen molar-refractivity contribution in [3.8, 4) is 5.75 Å². The first kappa shape index (κ1) is 17.5. The second kappa shape index (κ2) is 8.02. The van der Waals surface area contributed by atoms with Crippen LogP contribution in [0, 0.1) is 5.92 Å². The zero-order chi connectivity index (χ0) is 16.0. The lowest BCUT2D eigenvalue weighted by Gasteiger charge is -2.17. The molecule has 2 N–H and O–H groups in total. The monoisotopic (exact) mass is 357 g/mol. The third-order valence-corrected chi connectivity index (χ3v) is 3.43. The van der Waals surface area contributed by atoms with Crippen molar-refractivity contribution in [2.24, 2.45) is 5.92 Å². The van der Waals surface area contributed by atoms with E-state index in [4.69, 9.17) is 9.84 Å². The summed E-state index contributed by atoms with van der Waals surface area (Å²) in [6.45, 7) is 3.83. The molecule has 0 saturated heterocycles. The summed E-state index contributed by atoms with van der Waals surface area (Å²) >= 11 is 3.34. The Hall–Kier alpha value is -1.56. The standard InChI is InChI=1S/C15H20BrNO4/c1-9(2)6-12(15(19)20)17-14(18)8-10-7-11(16)4-5-13(10)21-3/h4-5,7,9,12H,6,8H2,1-3H3,(H,17,18)(H,19,20)/t12-/m1/s1. The van der Waals surface area contributed by atoms with Crippen LogP contribution in [0.1, 0.15) is 25.8 Å². The Kier molecular flexibility index (Phi) is 6.68. The predicted octanol–water partition coefficient (Wildman–Crippen LogP) is 2.62. The number of carboxylic acids is 1. The van der Waals surface area contributed by atoms with Crippen LogP contribution in [-0.4, -0.2) is 30.1 Å². The molecule has 0 spiro atoms. The maximum Gasteiger partial charge on any atom is 0.326 e. The first-order valence-corrected chi connectivity index (χ1v) is 7.47. The summed E-state index contributed by atoms with van der Waals surface area (Å²) in [4.78, 5) is 23.2. The highest BCUT2D eigenvalue weighted by atomic mass is 79.9. The fraction of sp³-hybridized carbons (Fsp3) is 0.467. The van der Waals surface area contributed by atoms with Crippen molar-refractivity contribution in [1.82, 2.24) is 5.32 Å². The van der Waals surface area contributed by atoms with Crippen molar-refractivity contribution in [3.63, 3.8) is 0 Å². The number of carbonyl (C=O) groups is 2. The van der Waals surface area contributed by atoms with Gasteiger partial charge >= 0.3 is 5.97 Å². The zero-order valence-electron chi connectivity index (χ0n) is 12.4. The molecule has 0 saturated carbocycles. The number of benzene rings is 1. The van der Waals surface area contributed by atoms with Crippen molar-refractivity contribution in [2.45, 2.75) is 32.7 Å². The quantitative estimate of drug-likeness (QED) is 0.786. The molecule has 21 heavy (non-hydrogen) atoms. The van der Waals surface area contributed by atoms with Crippen LogP contribution in [-0.2, 0) is 16.0 Å². The van der Waals surface area contributed by atoms with Crippen molar-refractivity contribution in [3.05, 3.63) is 28.2 Å². The first-order valence-electron chi connectivity index (χ1n) is 6.68. The summed E-state index contributed by atoms with van der Waals surface area (Å²) in [6.07, 6.45) is 0.473. The van der Waals surface area contributed by atoms with E-state index in [1.54, 1.807) is 12.1 Å². The van der Waals surface area contributed by atoms with Crippen molar-refractivity contribution >= 4 is 27.8 Å². The SMILES string of the molecule is COc1ccc(Br)cc1CC(=O)N[C@H](CC(C)C)C(=O)O. The van der Waals surface area contributed by atoms with Gasteiger partial charge in [0.25, 0.3) is 0 Å². The fourth-order valence-corrected chi connectivity index (χ4v) is 2.41. The number of nitrogens with one attached hydrogen (secondary N) is 1. The molecule has 1 atom stereocenters. The molecule has 1 aromatic carbocycles. The predicted molar refractivity (Wildman–Crippen MR) is 83.4 cm³/mol. The molecule has 1 amide bonds. The van der Waals surface area contributed by atoms with Crippen LogP contribution in [0.4, 0.5) is 0 Å². The molecule has 0 aliphatic rings. The van der Waals surface area contributed by atoms with E-state index in [1.807, 2.05) is 19.9 Å². The average Bonchev–Trinajstić information content (AvgIpc) is 2.37. The summed E-state index contributed by atoms with van der Waals surface area (Å²) in [5.74, 6) is -0.561. The van der Waals surface area contributed by atoms with E-state index in [9.17, 15) is 9.59 Å². The molecule has 6 heteroatoms. The van der Waals surface area contributed by atoms with Gasteiger partial charge < -0.3 is 15.2 Å². The molecule has 0 aliphatic carbocycles. The lowest BCUT2D eigenvalue weighted by molar-refractivity contribution is -0.142. The molecule has 5 nitrogen and oxygen atoms in total. The highest BCUT2D eigenvalue weighted by Gasteiger charge is 2.21. The zero-order valence-corrected chi connectivity index (χ0v) is 13.9. The van der Waals surface area contributed by atoms with Crippen LogP contribution >= 0.6 is 15.9 Å². The maximum absolute atomic E-state index is 12.0. The number of hydrogen-bond donors (Lipinski definition) is 2. The van der Waals surface area contributed by atoms with Crippen LogP contribution in [0.25, 0.3) is 0 Å². The molecule has 0 aromatic heterocycles. The lowest BCUT2D eigenvalue weighted by atomic mass is 10.0. The molecule has 1 rings (SSSR count). The molecule has 116 valence electrons. The number of methoxy groups -OCH3 is 1. The van der Waals surface area contributed by atoms with Gasteiger partial charge in [0.2, 0.25) is 5.91 Å². The van der Waals surface area contributed by atoms with E-state index in [1.165, 1.54) is 7.11 Å². The summed E-state index contributed by atoms with van der Waals surface area (Å²) < 4.78 is 6.04. The molecular formula is C15H20BrNO4. The smallest absolute Gasteiger partial charge is 0.326 e. The Labute approximate surface area is 132 Å². The van der Waals surface area contributed by atoms with E-state index >= 15 is 0 Å². The number of hydrogen-bond acceptors (Lipinski definition) is 3. The van der Waals surface area contributed by atoms with Crippen molar-refractivity contribution in [1.29, 1.82) is 0 Å². The van der Waals surface area contributed by atoms with Crippen molar-refractivity contribution in [2.75, 3.05) is 7.11 Å². The molecule has 0 heterocycles. The number of rotatable bonds is 7. The molecule has 0 aliphatic heterocycles. The number of aliphatic carboxylic acids is 1. The third kappa shape index (κ3) is 5.75. The largest absolute Gasteiger partial charge is 0.496 e. The Bertz CT molecular complexity index is 516. The Morgan fingerprint density at radius 1 is 1.38 bits per heavy atom. The van der Waals surface area contributed by atoms with Gasteiger partial charge in [-0.3, -0.25) is 4.79 Å². The Morgan fingerprint density at radius 2 is 2.05 bits per heavy atom. The second-order valence-corrected chi connectivity index (χ2v) is 6.14. The van der Waals surface area contributed by atoms with Gasteiger partial charge in [-0.1, -0.05) is 29.8 Å². The number of halogens is 1. The Morgan fingerprint density at radius 3 is 2.57 bits per heavy atom. The second-order valence-electron chi connectivity index (χ2n) is 5.22. The third-order valence-electron chi connectivity index (χ3n) is 2.93. The summed E-state index contributed by atoms with van der Waals surface area (Å²) in [7, 11) is 1.53. The number of ether oxygens (including phenoxy) is 1. The normalized spacial score (nSPS) is 12.0. The van der Waals surface area contributed by atoms with Crippen LogP contribution in [0.15, 0.2) is 22.7 Å². The van der Waals surface area contributed by atoms with E-state index in [2.05, 4.69) is 21.2 Å². The van der Waals surface area contributed by atoms with Crippen LogP contribution in [0.5, 0.6) is 5.75 Å². The van der Waals surface area contributed by atoms with E-state index in [-0.39, 0.29) is 18.2 Å². The molecule has 0 radical (unpaired) electrons. The van der Waals surface area contributed by atoms with Gasteiger partial charge in [0.15, 0.2) is 0 Å². The van der Waals surface area contributed by atoms with Crippen molar-refractivity contribution < 1.29 is 19.4 Å². The summed E-state index contributed by atoms with van der Waals surface area (Å²) in [5.41, 5.74) is 0.707. The van der Waals surface area contributed by atoms with Gasteiger partial charge in [-0.05, 0) is 30.5 Å². The van der Waals surface area contributed by atoms with Gasteiger partial charge in [-0.25, -0.2) is 4.79 Å². The topological polar surface area (TPSA) is 75.6 Å². The van der Waals surface area contributed by atoms with Gasteiger partial charge in [-0.15, -0.1) is 0 Å². The Balaban J connectivity index is 2.76. The number of amides is 1. The lowest BCUT2D eigenvalue weighted by Crippen LogP contribution is -2.42. The van der Waals surface area contributed by atoms with Gasteiger partial charge in [0.05, 0.1) is 13.5 Å². The summed E-state index contributed by atoms with van der Waals surface area (Å²) in [6, 6.07) is 4.50. The first-order chi connectivity index (χ1) is 9.83. The number of carboxylic acid groups (broad SMARTS) is 1. The minimum Gasteiger partial charge on any atom is -0.496 e. The highest BCUT2D eigenvalue weighted by Crippen LogP contribution is 2.23. The molecule has 0 unspecified atom stereocenters. The van der Waals surface area contributed by atoms with Crippen LogP contribution in [0.2, 0.25) is 0 Å². The van der Waals surface area contributed by atoms with E-state index < -0.39 is 12.0 Å². The minimum atomic E-state index is -1.02. The van der Waals surface area contributed by atoms with Gasteiger partial charge in [-0.2, -0.15) is 0 Å². The maximum atomic E-state index is 12.0. The van der Waals surface area contributed by atoms with Crippen LogP contribution < -0.4 is 10.1 Å². The highest BCUT2D eigenvalue weighted by molar-refractivity contribution is 9.10. The molecule has 1 aromatic rings.